The van der Waals surface area contributed by atoms with Crippen molar-refractivity contribution >= 4 is 29.1 Å². The third-order valence-corrected chi connectivity index (χ3v) is 5.21. The van der Waals surface area contributed by atoms with Crippen LogP contribution in [0.3, 0.4) is 0 Å². The van der Waals surface area contributed by atoms with Crippen LogP contribution in [0.15, 0.2) is 48.5 Å². The number of hydrogen-bond acceptors (Lipinski definition) is 2. The Kier molecular flexibility index (Phi) is 4.22. The molecule has 2 atom stereocenters. The molecule has 1 saturated carbocycles. The fourth-order valence-electron chi connectivity index (χ4n) is 3.48. The van der Waals surface area contributed by atoms with Crippen molar-refractivity contribution in [3.63, 3.8) is 0 Å². The maximum atomic E-state index is 12.7. The van der Waals surface area contributed by atoms with E-state index in [2.05, 4.69) is 17.4 Å². The highest BCUT2D eigenvalue weighted by molar-refractivity contribution is 6.30. The summed E-state index contributed by atoms with van der Waals surface area (Å²) in [4.78, 5) is 27.0. The number of carbonyl (C=O) groups excluding carboxylic acids is 2. The highest BCUT2D eigenvalue weighted by atomic mass is 35.5. The molecule has 2 aromatic rings. The predicted octanol–water partition coefficient (Wildman–Crippen LogP) is 3.50. The van der Waals surface area contributed by atoms with Crippen LogP contribution in [0.4, 0.5) is 5.69 Å². The van der Waals surface area contributed by atoms with Gasteiger partial charge in [-0.2, -0.15) is 0 Å². The summed E-state index contributed by atoms with van der Waals surface area (Å²) in [6.07, 6.45) is 1.51. The summed E-state index contributed by atoms with van der Waals surface area (Å²) >= 11 is 5.93. The second kappa shape index (κ2) is 6.52. The molecular formula is C20H19ClN2O2. The lowest BCUT2D eigenvalue weighted by atomic mass is 9.99. The van der Waals surface area contributed by atoms with Gasteiger partial charge in [0.2, 0.25) is 11.8 Å². The Hall–Kier alpha value is -2.33. The Balaban J connectivity index is 1.36. The molecule has 2 amide bonds. The molecule has 25 heavy (non-hydrogen) atoms. The molecule has 1 heterocycles. The van der Waals surface area contributed by atoms with Gasteiger partial charge in [-0.25, -0.2) is 0 Å². The van der Waals surface area contributed by atoms with Crippen molar-refractivity contribution in [3.8, 4) is 0 Å². The average Bonchev–Trinajstić information content (AvgIpc) is 3.41. The summed E-state index contributed by atoms with van der Waals surface area (Å²) in [6.45, 7) is 1.38. The summed E-state index contributed by atoms with van der Waals surface area (Å²) in [6, 6.07) is 15.3. The van der Waals surface area contributed by atoms with Gasteiger partial charge in [-0.3, -0.25) is 9.59 Å². The lowest BCUT2D eigenvalue weighted by molar-refractivity contribution is -0.135. The molecule has 0 aromatic heterocycles. The van der Waals surface area contributed by atoms with Crippen molar-refractivity contribution in [1.29, 1.82) is 0 Å². The number of rotatable bonds is 3. The van der Waals surface area contributed by atoms with Crippen LogP contribution in [0.2, 0.25) is 5.02 Å². The molecule has 0 spiro atoms. The largest absolute Gasteiger partial charge is 0.338 e. The van der Waals surface area contributed by atoms with Gasteiger partial charge in [0, 0.05) is 23.8 Å². The van der Waals surface area contributed by atoms with Crippen LogP contribution in [-0.2, 0) is 22.6 Å². The SMILES string of the molecule is O=C(Nc1cccc(Cl)c1)C1CC1C(=O)N1CCc2ccccc2C1. The minimum Gasteiger partial charge on any atom is -0.338 e. The quantitative estimate of drug-likeness (QED) is 0.917. The molecule has 1 aliphatic carbocycles. The van der Waals surface area contributed by atoms with Crippen molar-refractivity contribution in [2.45, 2.75) is 19.4 Å². The van der Waals surface area contributed by atoms with Crippen LogP contribution < -0.4 is 5.32 Å². The smallest absolute Gasteiger partial charge is 0.228 e. The van der Waals surface area contributed by atoms with E-state index in [0.29, 0.717) is 23.7 Å². The first-order valence-electron chi connectivity index (χ1n) is 8.54. The van der Waals surface area contributed by atoms with Crippen LogP contribution >= 0.6 is 11.6 Å². The number of amides is 2. The third kappa shape index (κ3) is 3.40. The van der Waals surface area contributed by atoms with Crippen molar-refractivity contribution < 1.29 is 9.59 Å². The number of halogens is 1. The van der Waals surface area contributed by atoms with Gasteiger partial charge in [0.1, 0.15) is 0 Å². The van der Waals surface area contributed by atoms with E-state index in [0.717, 1.165) is 13.0 Å². The van der Waals surface area contributed by atoms with Crippen LogP contribution in [0, 0.1) is 11.8 Å². The number of nitrogens with one attached hydrogen (secondary N) is 1. The van der Waals surface area contributed by atoms with Gasteiger partial charge in [-0.1, -0.05) is 41.9 Å². The molecule has 0 bridgehead atoms. The highest BCUT2D eigenvalue weighted by Crippen LogP contribution is 2.41. The maximum absolute atomic E-state index is 12.7. The lowest BCUT2D eigenvalue weighted by Crippen LogP contribution is -2.37. The van der Waals surface area contributed by atoms with Crippen molar-refractivity contribution in [2.75, 3.05) is 11.9 Å². The Bertz CT molecular complexity index is 836. The normalized spacial score (nSPS) is 21.4. The van der Waals surface area contributed by atoms with Crippen LogP contribution in [-0.4, -0.2) is 23.3 Å². The summed E-state index contributed by atoms with van der Waals surface area (Å²) in [7, 11) is 0. The van der Waals surface area contributed by atoms with Gasteiger partial charge in [0.25, 0.3) is 0 Å². The van der Waals surface area contributed by atoms with Crippen molar-refractivity contribution in [1.82, 2.24) is 4.90 Å². The van der Waals surface area contributed by atoms with Crippen LogP contribution in [0.5, 0.6) is 0 Å². The fraction of sp³-hybridized carbons (Fsp3) is 0.300. The Labute approximate surface area is 151 Å². The van der Waals surface area contributed by atoms with Crippen molar-refractivity contribution in [3.05, 3.63) is 64.7 Å². The zero-order valence-corrected chi connectivity index (χ0v) is 14.5. The molecule has 0 saturated heterocycles. The van der Waals surface area contributed by atoms with Gasteiger partial charge in [-0.05, 0) is 42.2 Å². The zero-order valence-electron chi connectivity index (χ0n) is 13.7. The molecule has 2 aromatic carbocycles. The number of carbonyl (C=O) groups is 2. The topological polar surface area (TPSA) is 49.4 Å². The average molecular weight is 355 g/mol. The summed E-state index contributed by atoms with van der Waals surface area (Å²) in [5.41, 5.74) is 3.20. The molecular weight excluding hydrogens is 336 g/mol. The molecule has 128 valence electrons. The van der Waals surface area contributed by atoms with Crippen molar-refractivity contribution in [2.24, 2.45) is 11.8 Å². The standard InChI is InChI=1S/C20H19ClN2O2/c21-15-6-3-7-16(10-15)22-19(24)17-11-18(17)20(25)23-9-8-13-4-1-2-5-14(13)12-23/h1-7,10,17-18H,8-9,11-12H2,(H,22,24). The van der Waals surface area contributed by atoms with E-state index in [9.17, 15) is 9.59 Å². The third-order valence-electron chi connectivity index (χ3n) is 4.98. The number of benzene rings is 2. The second-order valence-electron chi connectivity index (χ2n) is 6.73. The molecule has 1 aliphatic heterocycles. The predicted molar refractivity (Wildman–Crippen MR) is 97.2 cm³/mol. The van der Waals surface area contributed by atoms with E-state index in [1.807, 2.05) is 17.0 Å². The summed E-state index contributed by atoms with van der Waals surface area (Å²) in [5.74, 6) is -0.424. The van der Waals surface area contributed by atoms with Gasteiger partial charge >= 0.3 is 0 Å². The van der Waals surface area contributed by atoms with Gasteiger partial charge < -0.3 is 10.2 Å². The summed E-state index contributed by atoms with van der Waals surface area (Å²) in [5, 5.41) is 3.43. The Morgan fingerprint density at radius 2 is 1.84 bits per heavy atom. The number of hydrogen-bond donors (Lipinski definition) is 1. The molecule has 4 nitrogen and oxygen atoms in total. The Morgan fingerprint density at radius 1 is 1.04 bits per heavy atom. The van der Waals surface area contributed by atoms with Gasteiger partial charge in [-0.15, -0.1) is 0 Å². The minimum absolute atomic E-state index is 0.0979. The van der Waals surface area contributed by atoms with Gasteiger partial charge in [0.05, 0.1) is 11.8 Å². The molecule has 0 radical (unpaired) electrons. The number of anilines is 1. The van der Waals surface area contributed by atoms with E-state index in [1.54, 1.807) is 24.3 Å². The van der Waals surface area contributed by atoms with E-state index < -0.39 is 0 Å². The second-order valence-corrected chi connectivity index (χ2v) is 7.16. The van der Waals surface area contributed by atoms with E-state index in [1.165, 1.54) is 11.1 Å². The molecule has 1 N–H and O–H groups in total. The lowest BCUT2D eigenvalue weighted by Gasteiger charge is -2.29. The van der Waals surface area contributed by atoms with E-state index in [4.69, 9.17) is 11.6 Å². The molecule has 1 fully saturated rings. The maximum Gasteiger partial charge on any atom is 0.228 e. The van der Waals surface area contributed by atoms with Gasteiger partial charge in [0.15, 0.2) is 0 Å². The highest BCUT2D eigenvalue weighted by Gasteiger charge is 2.49. The van der Waals surface area contributed by atoms with E-state index in [-0.39, 0.29) is 23.7 Å². The van der Waals surface area contributed by atoms with E-state index >= 15 is 0 Å². The molecule has 2 aliphatic rings. The fourth-order valence-corrected chi connectivity index (χ4v) is 3.67. The first kappa shape index (κ1) is 16.2. The monoisotopic (exact) mass is 354 g/mol. The minimum atomic E-state index is -0.233. The molecule has 5 heteroatoms. The summed E-state index contributed by atoms with van der Waals surface area (Å²) < 4.78 is 0. The number of nitrogens with zero attached hydrogens (tertiary/aromatic N) is 1. The molecule has 4 rings (SSSR count). The van der Waals surface area contributed by atoms with Crippen LogP contribution in [0.1, 0.15) is 17.5 Å². The Morgan fingerprint density at radius 3 is 2.64 bits per heavy atom. The first-order valence-corrected chi connectivity index (χ1v) is 8.91. The zero-order chi connectivity index (χ0) is 17.4. The van der Waals surface area contributed by atoms with Crippen LogP contribution in [0.25, 0.3) is 0 Å². The first-order chi connectivity index (χ1) is 12.1. The number of fused-ring (bicyclic) bond motifs is 1. The molecule has 2 unspecified atom stereocenters.